The van der Waals surface area contributed by atoms with Crippen molar-refractivity contribution in [3.8, 4) is 0 Å². The summed E-state index contributed by atoms with van der Waals surface area (Å²) in [7, 11) is -3.01. The van der Waals surface area contributed by atoms with Crippen molar-refractivity contribution in [3.05, 3.63) is 59.6 Å². The van der Waals surface area contributed by atoms with Crippen molar-refractivity contribution in [1.82, 2.24) is 4.98 Å². The van der Waals surface area contributed by atoms with Crippen molar-refractivity contribution >= 4 is 35.5 Å². The largest absolute Gasteiger partial charge is 3.00 e. The van der Waals surface area contributed by atoms with E-state index >= 15 is 0 Å². The van der Waals surface area contributed by atoms with Gasteiger partial charge in [-0.25, -0.2) is 0 Å². The van der Waals surface area contributed by atoms with Gasteiger partial charge in [0.15, 0.2) is 5.78 Å². The Kier molecular flexibility index (Phi) is 17.1. The van der Waals surface area contributed by atoms with Gasteiger partial charge in [-0.1, -0.05) is 45.3 Å². The molecule has 0 aliphatic heterocycles. The molecule has 0 saturated heterocycles. The van der Waals surface area contributed by atoms with Crippen molar-refractivity contribution in [1.29, 1.82) is 0 Å². The van der Waals surface area contributed by atoms with E-state index in [1.807, 2.05) is 18.2 Å². The Morgan fingerprint density at radius 2 is 1.07 bits per heavy atom. The zero-order chi connectivity index (χ0) is 22.0. The SMILES string of the molecule is C[Si](C)(C)C1=C2CCCCC2=C([Si](C)(C)C)C1=O.[CH-]=O.[CH-]=O.[CH3-].[Fe+3].c1ccncc1. The second kappa shape index (κ2) is 15.4. The Morgan fingerprint density at radius 1 is 0.733 bits per heavy atom. The minimum atomic E-state index is -1.51. The van der Waals surface area contributed by atoms with Crippen LogP contribution in [0.5, 0.6) is 0 Å². The number of hydrogen-bond donors (Lipinski definition) is 0. The molecule has 4 nitrogen and oxygen atoms in total. The van der Waals surface area contributed by atoms with Gasteiger partial charge in [0, 0.05) is 12.4 Å². The number of ketones is 1. The first-order valence-corrected chi connectivity index (χ1v) is 16.5. The summed E-state index contributed by atoms with van der Waals surface area (Å²) in [5, 5.41) is 2.55. The van der Waals surface area contributed by atoms with Crippen molar-refractivity contribution in [3.63, 3.8) is 0 Å². The van der Waals surface area contributed by atoms with E-state index in [9.17, 15) is 4.79 Å². The molecule has 2 aliphatic rings. The van der Waals surface area contributed by atoms with Crippen LogP contribution < -0.4 is 0 Å². The molecule has 0 amide bonds. The molecule has 0 atom stereocenters. The number of aromatic nitrogens is 1. The van der Waals surface area contributed by atoms with E-state index in [1.54, 1.807) is 12.4 Å². The normalized spacial score (nSPS) is 14.9. The molecule has 0 bridgehead atoms. The summed E-state index contributed by atoms with van der Waals surface area (Å²) in [5.74, 6) is 0.459. The number of fused-ring (bicyclic) bond motifs is 1. The number of pyridine rings is 1. The molecule has 167 valence electrons. The van der Waals surface area contributed by atoms with Crippen LogP contribution in [0.15, 0.2) is 52.1 Å². The second-order valence-corrected chi connectivity index (χ2v) is 18.8. The van der Waals surface area contributed by atoms with Gasteiger partial charge >= 0.3 is 17.1 Å². The fourth-order valence-electron chi connectivity index (χ4n) is 3.76. The van der Waals surface area contributed by atoms with Crippen LogP contribution in [0.25, 0.3) is 0 Å². The smallest absolute Gasteiger partial charge is 0.545 e. The first-order chi connectivity index (χ1) is 13.1. The summed E-state index contributed by atoms with van der Waals surface area (Å²) in [4.78, 5) is 32.2. The summed E-state index contributed by atoms with van der Waals surface area (Å²) >= 11 is 0. The zero-order valence-corrected chi connectivity index (χ0v) is 22.5. The molecule has 0 unspecified atom stereocenters. The van der Waals surface area contributed by atoms with E-state index in [0.717, 1.165) is 12.8 Å². The summed E-state index contributed by atoms with van der Waals surface area (Å²) in [5.41, 5.74) is 2.98. The molecule has 1 fully saturated rings. The van der Waals surface area contributed by atoms with Gasteiger partial charge in [0.25, 0.3) is 0 Å². The molecule has 1 saturated carbocycles. The Hall–Kier alpha value is -1.41. The van der Waals surface area contributed by atoms with Crippen molar-refractivity contribution in [2.45, 2.75) is 65.0 Å². The number of rotatable bonds is 2. The van der Waals surface area contributed by atoms with E-state index < -0.39 is 16.1 Å². The molecular weight excluding hydrogens is 450 g/mol. The number of allylic oxidation sites excluding steroid dienone is 4. The summed E-state index contributed by atoms with van der Waals surface area (Å²) in [6.07, 6.45) is 8.38. The molecule has 1 aromatic rings. The molecule has 1 heterocycles. The van der Waals surface area contributed by atoms with E-state index in [4.69, 9.17) is 9.59 Å². The molecule has 30 heavy (non-hydrogen) atoms. The molecule has 1 aromatic heterocycles. The molecule has 0 spiro atoms. The topological polar surface area (TPSA) is 64.1 Å². The van der Waals surface area contributed by atoms with E-state index in [0.29, 0.717) is 5.78 Å². The third-order valence-corrected chi connectivity index (χ3v) is 8.65. The standard InChI is InChI=1S/C15H26OSi2.C5H5N.2CHO.CH3.Fe/c1-17(2,3)14-11-9-7-8-10-12(11)15(13(14)16)18(4,5)6;1-2-4-6-5-3-1;2*1-2;;/h7-10H2,1-6H3;1-5H;2*1H;1H3;/q;;3*-1;+3. The first kappa shape index (κ1) is 33.2. The molecule has 2 aliphatic carbocycles. The third-order valence-electron chi connectivity index (χ3n) is 4.59. The van der Waals surface area contributed by atoms with Gasteiger partial charge < -0.3 is 17.0 Å². The van der Waals surface area contributed by atoms with E-state index in [1.165, 1.54) is 34.4 Å². The van der Waals surface area contributed by atoms with Crippen LogP contribution in [0.3, 0.4) is 0 Å². The van der Waals surface area contributed by atoms with Crippen LogP contribution in [0, 0.1) is 7.43 Å². The molecule has 3 rings (SSSR count). The maximum Gasteiger partial charge on any atom is 3.00 e. The fourth-order valence-corrected chi connectivity index (χ4v) is 7.86. The Balaban J connectivity index is -0.000000514. The number of carbonyl (C=O) groups is 1. The third kappa shape index (κ3) is 9.17. The van der Waals surface area contributed by atoms with Gasteiger partial charge in [-0.2, -0.15) is 0 Å². The van der Waals surface area contributed by atoms with Crippen LogP contribution in [-0.2, 0) is 31.5 Å². The van der Waals surface area contributed by atoms with Crippen LogP contribution in [0.2, 0.25) is 39.3 Å². The zero-order valence-electron chi connectivity index (χ0n) is 19.4. The van der Waals surface area contributed by atoms with Gasteiger partial charge in [0.05, 0.1) is 16.1 Å². The summed E-state index contributed by atoms with van der Waals surface area (Å²) in [6, 6.07) is 5.72. The first-order valence-electron chi connectivity index (χ1n) is 9.48. The van der Waals surface area contributed by atoms with Crippen LogP contribution >= 0.6 is 0 Å². The average molecular weight is 487 g/mol. The van der Waals surface area contributed by atoms with Crippen molar-refractivity contribution < 1.29 is 31.5 Å². The van der Waals surface area contributed by atoms with Gasteiger partial charge in [-0.3, -0.25) is 23.4 Å². The monoisotopic (exact) mass is 486 g/mol. The number of hydrogen-bond acceptors (Lipinski definition) is 4. The van der Waals surface area contributed by atoms with Gasteiger partial charge in [-0.15, -0.1) is 0 Å². The predicted molar refractivity (Wildman–Crippen MR) is 128 cm³/mol. The minimum Gasteiger partial charge on any atom is -0.545 e. The molecule has 1 radical (unpaired) electrons. The van der Waals surface area contributed by atoms with Crippen molar-refractivity contribution in [2.75, 3.05) is 0 Å². The molecular formula is C23H36FeNO3Si2. The Morgan fingerprint density at radius 3 is 1.27 bits per heavy atom. The minimum absolute atomic E-state index is 0. The van der Waals surface area contributed by atoms with Gasteiger partial charge in [0.1, 0.15) is 0 Å². The maximum atomic E-state index is 12.9. The number of nitrogens with zero attached hydrogens (tertiary/aromatic N) is 1. The number of carbonyl (C=O) groups excluding carboxylic acids is 3. The van der Waals surface area contributed by atoms with E-state index in [-0.39, 0.29) is 24.5 Å². The Labute approximate surface area is 196 Å². The Bertz CT molecular complexity index is 635. The van der Waals surface area contributed by atoms with Crippen LogP contribution in [-0.4, -0.2) is 40.5 Å². The summed E-state index contributed by atoms with van der Waals surface area (Å²) < 4.78 is 0. The molecule has 0 N–H and O–H groups in total. The molecule has 7 heteroatoms. The van der Waals surface area contributed by atoms with E-state index in [2.05, 4.69) is 57.8 Å². The van der Waals surface area contributed by atoms with Crippen molar-refractivity contribution in [2.24, 2.45) is 0 Å². The van der Waals surface area contributed by atoms with Gasteiger partial charge in [0.2, 0.25) is 0 Å². The van der Waals surface area contributed by atoms with Gasteiger partial charge in [-0.05, 0) is 59.4 Å². The molecule has 0 aromatic carbocycles. The van der Waals surface area contributed by atoms with Crippen LogP contribution in [0.1, 0.15) is 25.7 Å². The second-order valence-electron chi connectivity index (χ2n) is 8.77. The maximum absolute atomic E-state index is 12.9. The average Bonchev–Trinajstić information content (AvgIpc) is 2.99. The predicted octanol–water partition coefficient (Wildman–Crippen LogP) is 5.47. The summed E-state index contributed by atoms with van der Waals surface area (Å²) in [6.45, 7) is 20.5. The van der Waals surface area contributed by atoms with Crippen LogP contribution in [0.4, 0.5) is 0 Å². The quantitative estimate of drug-likeness (QED) is 0.316. The number of Topliss-reactive ketones (excluding diaryl/α,β-unsaturated/α-hetero) is 1. The fraction of sp³-hybridized carbons (Fsp3) is 0.435.